The molecule has 1 fully saturated rings. The van der Waals surface area contributed by atoms with Gasteiger partial charge < -0.3 is 19.9 Å². The van der Waals surface area contributed by atoms with Gasteiger partial charge in [-0.2, -0.15) is 0 Å². The van der Waals surface area contributed by atoms with Crippen LogP contribution < -0.4 is 5.32 Å². The van der Waals surface area contributed by atoms with E-state index in [4.69, 9.17) is 17.0 Å². The number of hydrogen-bond donors (Lipinski definition) is 2. The van der Waals surface area contributed by atoms with Gasteiger partial charge in [0.1, 0.15) is 5.65 Å². The first kappa shape index (κ1) is 15.6. The number of thiocarbonyl (C=S) groups is 1. The Kier molecular flexibility index (Phi) is 4.49. The minimum atomic E-state index is 0.317. The second kappa shape index (κ2) is 6.91. The van der Waals surface area contributed by atoms with E-state index in [0.717, 1.165) is 56.3 Å². The van der Waals surface area contributed by atoms with E-state index >= 15 is 0 Å². The molecule has 6 heteroatoms. The Morgan fingerprint density at radius 3 is 3.25 bits per heavy atom. The van der Waals surface area contributed by atoms with E-state index in [1.807, 2.05) is 12.3 Å². The lowest BCUT2D eigenvalue weighted by atomic mass is 10.00. The van der Waals surface area contributed by atoms with E-state index in [0.29, 0.717) is 6.10 Å². The van der Waals surface area contributed by atoms with Crippen LogP contribution in [0.5, 0.6) is 0 Å². The molecule has 2 aliphatic heterocycles. The second-order valence-corrected chi connectivity index (χ2v) is 6.74. The van der Waals surface area contributed by atoms with Gasteiger partial charge in [0.2, 0.25) is 0 Å². The summed E-state index contributed by atoms with van der Waals surface area (Å²) in [5.41, 5.74) is 3.58. The highest BCUT2D eigenvalue weighted by molar-refractivity contribution is 7.80. The lowest BCUT2D eigenvalue weighted by molar-refractivity contribution is 0.113. The van der Waals surface area contributed by atoms with E-state index < -0.39 is 0 Å². The second-order valence-electron chi connectivity index (χ2n) is 6.35. The maximum absolute atomic E-state index is 5.64. The molecule has 24 heavy (non-hydrogen) atoms. The summed E-state index contributed by atoms with van der Waals surface area (Å²) in [6.07, 6.45) is 9.76. The molecule has 0 radical (unpaired) electrons. The van der Waals surface area contributed by atoms with Crippen molar-refractivity contribution in [1.29, 1.82) is 0 Å². The largest absolute Gasteiger partial charge is 0.376 e. The van der Waals surface area contributed by atoms with Gasteiger partial charge in [-0.05, 0) is 49.2 Å². The van der Waals surface area contributed by atoms with Gasteiger partial charge in [-0.25, -0.2) is 4.98 Å². The fourth-order valence-electron chi connectivity index (χ4n) is 3.44. The fraction of sp³-hybridized carbons (Fsp3) is 0.444. The molecular weight excluding hydrogens is 320 g/mol. The van der Waals surface area contributed by atoms with Crippen molar-refractivity contribution in [2.45, 2.75) is 25.4 Å². The third-order valence-electron chi connectivity index (χ3n) is 4.80. The van der Waals surface area contributed by atoms with Crippen LogP contribution in [-0.4, -0.2) is 52.3 Å². The van der Waals surface area contributed by atoms with Gasteiger partial charge in [-0.15, -0.1) is 0 Å². The van der Waals surface area contributed by atoms with Crippen LogP contribution in [0.1, 0.15) is 24.8 Å². The lowest BCUT2D eigenvalue weighted by Gasteiger charge is -2.29. The van der Waals surface area contributed by atoms with Crippen LogP contribution in [0.3, 0.4) is 0 Å². The Hall–Kier alpha value is -1.92. The molecule has 0 unspecified atom stereocenters. The molecule has 1 saturated heterocycles. The molecule has 2 aromatic rings. The molecule has 0 amide bonds. The molecule has 0 aliphatic carbocycles. The third kappa shape index (κ3) is 3.16. The molecule has 126 valence electrons. The Balaban J connectivity index is 1.38. The minimum Gasteiger partial charge on any atom is -0.376 e. The molecule has 1 atom stereocenters. The van der Waals surface area contributed by atoms with Crippen LogP contribution in [0, 0.1) is 0 Å². The lowest BCUT2D eigenvalue weighted by Crippen LogP contribution is -2.44. The number of aromatic amines is 1. The average molecular weight is 342 g/mol. The van der Waals surface area contributed by atoms with Crippen molar-refractivity contribution in [3.8, 4) is 0 Å². The van der Waals surface area contributed by atoms with Crippen LogP contribution in [-0.2, 0) is 4.74 Å². The summed E-state index contributed by atoms with van der Waals surface area (Å²) in [7, 11) is 0. The first-order valence-corrected chi connectivity index (χ1v) is 8.98. The highest BCUT2D eigenvalue weighted by atomic mass is 32.1. The maximum Gasteiger partial charge on any atom is 0.169 e. The third-order valence-corrected chi connectivity index (χ3v) is 5.20. The molecular formula is C18H22N4OS. The standard InChI is InChI=1S/C18H22N4OS/c24-18(21-11-14-3-2-10-23-14)22-8-5-13(6-9-22)16-12-20-17-15(16)4-1-7-19-17/h1,4-5,7,12,14H,2-3,6,8-11H2,(H,19,20)(H,21,24)/t14-/m0/s1. The molecule has 2 aliphatic rings. The summed E-state index contributed by atoms with van der Waals surface area (Å²) in [6, 6.07) is 4.11. The minimum absolute atomic E-state index is 0.317. The molecule has 2 aromatic heterocycles. The number of rotatable bonds is 3. The molecule has 4 heterocycles. The number of nitrogens with zero attached hydrogens (tertiary/aromatic N) is 2. The summed E-state index contributed by atoms with van der Waals surface area (Å²) < 4.78 is 5.64. The van der Waals surface area contributed by atoms with Crippen molar-refractivity contribution in [3.05, 3.63) is 36.2 Å². The first-order chi connectivity index (χ1) is 11.8. The Labute approximate surface area is 147 Å². The molecule has 0 saturated carbocycles. The van der Waals surface area contributed by atoms with Crippen LogP contribution in [0.15, 0.2) is 30.6 Å². The summed E-state index contributed by atoms with van der Waals surface area (Å²) in [5, 5.41) is 5.39. The Bertz CT molecular complexity index is 763. The van der Waals surface area contributed by atoms with Crippen molar-refractivity contribution >= 4 is 33.9 Å². The predicted octanol–water partition coefficient (Wildman–Crippen LogP) is 2.71. The van der Waals surface area contributed by atoms with E-state index in [2.05, 4.69) is 38.5 Å². The topological polar surface area (TPSA) is 53.2 Å². The Morgan fingerprint density at radius 1 is 1.50 bits per heavy atom. The summed E-state index contributed by atoms with van der Waals surface area (Å²) in [5.74, 6) is 0. The number of ether oxygens (including phenoxy) is 1. The van der Waals surface area contributed by atoms with Crippen molar-refractivity contribution < 1.29 is 4.74 Å². The summed E-state index contributed by atoms with van der Waals surface area (Å²) in [6.45, 7) is 3.49. The van der Waals surface area contributed by atoms with Gasteiger partial charge in [0.25, 0.3) is 0 Å². The molecule has 0 aromatic carbocycles. The highest BCUT2D eigenvalue weighted by Gasteiger charge is 2.19. The zero-order chi connectivity index (χ0) is 16.4. The highest BCUT2D eigenvalue weighted by Crippen LogP contribution is 2.28. The van der Waals surface area contributed by atoms with E-state index in [1.54, 1.807) is 0 Å². The monoisotopic (exact) mass is 342 g/mol. The maximum atomic E-state index is 5.64. The van der Waals surface area contributed by atoms with Gasteiger partial charge >= 0.3 is 0 Å². The molecule has 0 spiro atoms. The van der Waals surface area contributed by atoms with Crippen molar-refractivity contribution in [2.24, 2.45) is 0 Å². The number of nitrogens with one attached hydrogen (secondary N) is 2. The SMILES string of the molecule is S=C(NC[C@@H]1CCCO1)N1CC=C(c2c[nH]c3ncccc23)CC1. The molecule has 4 rings (SSSR count). The van der Waals surface area contributed by atoms with Crippen molar-refractivity contribution in [3.63, 3.8) is 0 Å². The van der Waals surface area contributed by atoms with Gasteiger partial charge in [0.05, 0.1) is 6.10 Å². The van der Waals surface area contributed by atoms with Gasteiger partial charge in [0, 0.05) is 49.6 Å². The predicted molar refractivity (Wildman–Crippen MR) is 99.8 cm³/mol. The zero-order valence-electron chi connectivity index (χ0n) is 13.6. The number of H-pyrrole nitrogens is 1. The van der Waals surface area contributed by atoms with E-state index in [9.17, 15) is 0 Å². The molecule has 5 nitrogen and oxygen atoms in total. The van der Waals surface area contributed by atoms with Crippen LogP contribution in [0.2, 0.25) is 0 Å². The van der Waals surface area contributed by atoms with E-state index in [1.165, 1.54) is 16.5 Å². The summed E-state index contributed by atoms with van der Waals surface area (Å²) in [4.78, 5) is 9.84. The number of hydrogen-bond acceptors (Lipinski definition) is 3. The smallest absolute Gasteiger partial charge is 0.169 e. The van der Waals surface area contributed by atoms with Crippen LogP contribution >= 0.6 is 12.2 Å². The Morgan fingerprint density at radius 2 is 2.46 bits per heavy atom. The zero-order valence-corrected chi connectivity index (χ0v) is 14.4. The fourth-order valence-corrected chi connectivity index (χ4v) is 3.69. The summed E-state index contributed by atoms with van der Waals surface area (Å²) >= 11 is 5.54. The number of pyridine rings is 1. The molecule has 0 bridgehead atoms. The van der Waals surface area contributed by atoms with Crippen LogP contribution in [0.4, 0.5) is 0 Å². The average Bonchev–Trinajstić information content (AvgIpc) is 3.29. The number of fused-ring (bicyclic) bond motifs is 1. The molecule has 2 N–H and O–H groups in total. The van der Waals surface area contributed by atoms with Gasteiger partial charge in [-0.3, -0.25) is 0 Å². The normalized spacial score (nSPS) is 21.1. The number of aromatic nitrogens is 2. The van der Waals surface area contributed by atoms with Crippen molar-refractivity contribution in [2.75, 3.05) is 26.2 Å². The van der Waals surface area contributed by atoms with Gasteiger partial charge in [0.15, 0.2) is 5.11 Å². The van der Waals surface area contributed by atoms with Crippen LogP contribution in [0.25, 0.3) is 16.6 Å². The van der Waals surface area contributed by atoms with E-state index in [-0.39, 0.29) is 0 Å². The van der Waals surface area contributed by atoms with Crippen molar-refractivity contribution in [1.82, 2.24) is 20.2 Å². The first-order valence-electron chi connectivity index (χ1n) is 8.57. The van der Waals surface area contributed by atoms with Gasteiger partial charge in [-0.1, -0.05) is 6.08 Å². The quantitative estimate of drug-likeness (QED) is 0.840.